The van der Waals surface area contributed by atoms with Crippen molar-refractivity contribution in [3.63, 3.8) is 0 Å². The van der Waals surface area contributed by atoms with Gasteiger partial charge in [0.25, 0.3) is 0 Å². The minimum absolute atomic E-state index is 0.0227. The van der Waals surface area contributed by atoms with Crippen LogP contribution >= 0.6 is 0 Å². The molecule has 2 aromatic carbocycles. The van der Waals surface area contributed by atoms with Crippen molar-refractivity contribution in [2.75, 3.05) is 0 Å². The maximum atomic E-state index is 10.9. The molecule has 3 aromatic rings. The van der Waals surface area contributed by atoms with E-state index in [1.807, 2.05) is 6.07 Å². The summed E-state index contributed by atoms with van der Waals surface area (Å²) in [6.07, 6.45) is 0. The van der Waals surface area contributed by atoms with Gasteiger partial charge in [-0.2, -0.15) is 0 Å². The predicted octanol–water partition coefficient (Wildman–Crippen LogP) is 6.00. The number of aromatic nitrogens is 1. The third-order valence-corrected chi connectivity index (χ3v) is 4.64. The van der Waals surface area contributed by atoms with Gasteiger partial charge in [-0.3, -0.25) is 0 Å². The molecule has 0 saturated carbocycles. The van der Waals surface area contributed by atoms with Crippen molar-refractivity contribution in [1.29, 1.82) is 0 Å². The van der Waals surface area contributed by atoms with Gasteiger partial charge >= 0.3 is 0 Å². The van der Waals surface area contributed by atoms with E-state index in [4.69, 9.17) is 4.98 Å². The van der Waals surface area contributed by atoms with Gasteiger partial charge in [0.2, 0.25) is 0 Å². The number of nitrogens with zero attached hydrogens (tertiary/aromatic N) is 1. The summed E-state index contributed by atoms with van der Waals surface area (Å²) in [5.41, 5.74) is 4.89. The van der Waals surface area contributed by atoms with Gasteiger partial charge in [0.1, 0.15) is 11.3 Å². The van der Waals surface area contributed by atoms with Gasteiger partial charge in [-0.1, -0.05) is 59.2 Å². The number of phenolic OH excluding ortho intramolecular Hbond substituents is 1. The standard InChI is InChI=1S/C22H27NO/c1-13-8-9-18-14(10-13)11-15-16(21(2,3)4)12-17(22(5,6)7)20(24)19(15)23-18/h8-12,24H,1-7H3. The van der Waals surface area contributed by atoms with E-state index in [1.54, 1.807) is 0 Å². The summed E-state index contributed by atoms with van der Waals surface area (Å²) in [7, 11) is 0. The maximum absolute atomic E-state index is 10.9. The quantitative estimate of drug-likeness (QED) is 0.515. The van der Waals surface area contributed by atoms with Crippen molar-refractivity contribution in [3.05, 3.63) is 47.0 Å². The van der Waals surface area contributed by atoms with Crippen LogP contribution in [0.15, 0.2) is 30.3 Å². The number of fused-ring (bicyclic) bond motifs is 2. The van der Waals surface area contributed by atoms with Gasteiger partial charge < -0.3 is 5.11 Å². The Hall–Kier alpha value is -2.09. The molecule has 1 N–H and O–H groups in total. The van der Waals surface area contributed by atoms with Crippen molar-refractivity contribution < 1.29 is 5.11 Å². The maximum Gasteiger partial charge on any atom is 0.145 e. The Labute approximate surface area is 144 Å². The minimum atomic E-state index is -0.137. The molecule has 0 aliphatic heterocycles. The van der Waals surface area contributed by atoms with Crippen LogP contribution in [0.5, 0.6) is 5.75 Å². The molecule has 3 rings (SSSR count). The van der Waals surface area contributed by atoms with E-state index in [0.29, 0.717) is 11.3 Å². The van der Waals surface area contributed by atoms with E-state index in [9.17, 15) is 5.11 Å². The van der Waals surface area contributed by atoms with Crippen LogP contribution in [0, 0.1) is 6.92 Å². The molecule has 126 valence electrons. The highest BCUT2D eigenvalue weighted by Gasteiger charge is 2.26. The lowest BCUT2D eigenvalue weighted by molar-refractivity contribution is 0.450. The highest BCUT2D eigenvalue weighted by atomic mass is 16.3. The van der Waals surface area contributed by atoms with E-state index < -0.39 is 0 Å². The third-order valence-electron chi connectivity index (χ3n) is 4.64. The van der Waals surface area contributed by atoms with Crippen LogP contribution in [-0.4, -0.2) is 10.1 Å². The van der Waals surface area contributed by atoms with E-state index in [-0.39, 0.29) is 10.8 Å². The molecule has 24 heavy (non-hydrogen) atoms. The Balaban J connectivity index is 2.52. The summed E-state index contributed by atoms with van der Waals surface area (Å²) in [6, 6.07) is 10.6. The first-order valence-corrected chi connectivity index (χ1v) is 8.56. The highest BCUT2D eigenvalue weighted by molar-refractivity contribution is 5.98. The molecular formula is C22H27NO. The summed E-state index contributed by atoms with van der Waals surface area (Å²) >= 11 is 0. The Bertz CT molecular complexity index is 940. The third kappa shape index (κ3) is 2.75. The zero-order valence-electron chi connectivity index (χ0n) is 15.8. The van der Waals surface area contributed by atoms with Gasteiger partial charge in [-0.15, -0.1) is 0 Å². The average molecular weight is 321 g/mol. The number of pyridine rings is 1. The number of aromatic hydroxyl groups is 1. The molecule has 0 spiro atoms. The Kier molecular flexibility index (Phi) is 3.63. The van der Waals surface area contributed by atoms with Gasteiger partial charge in [-0.05, 0) is 41.5 Å². The fourth-order valence-corrected chi connectivity index (χ4v) is 3.29. The van der Waals surface area contributed by atoms with Crippen molar-refractivity contribution in [1.82, 2.24) is 4.98 Å². The number of hydrogen-bond donors (Lipinski definition) is 1. The Morgan fingerprint density at radius 1 is 0.833 bits per heavy atom. The average Bonchev–Trinajstić information content (AvgIpc) is 2.43. The second kappa shape index (κ2) is 5.20. The number of hydrogen-bond acceptors (Lipinski definition) is 2. The Morgan fingerprint density at radius 2 is 1.46 bits per heavy atom. The smallest absolute Gasteiger partial charge is 0.145 e. The number of benzene rings is 2. The lowest BCUT2D eigenvalue weighted by Gasteiger charge is -2.27. The first-order valence-electron chi connectivity index (χ1n) is 8.56. The van der Waals surface area contributed by atoms with Crippen molar-refractivity contribution in [3.8, 4) is 5.75 Å². The van der Waals surface area contributed by atoms with Gasteiger partial charge in [0, 0.05) is 16.3 Å². The first kappa shape index (κ1) is 16.8. The van der Waals surface area contributed by atoms with E-state index in [1.165, 1.54) is 11.1 Å². The topological polar surface area (TPSA) is 33.1 Å². The van der Waals surface area contributed by atoms with Crippen molar-refractivity contribution >= 4 is 21.8 Å². The summed E-state index contributed by atoms with van der Waals surface area (Å²) in [5.74, 6) is 0.313. The Morgan fingerprint density at radius 3 is 2.04 bits per heavy atom. The van der Waals surface area contributed by atoms with Crippen LogP contribution in [0.4, 0.5) is 0 Å². The van der Waals surface area contributed by atoms with Crippen LogP contribution in [0.25, 0.3) is 21.8 Å². The van der Waals surface area contributed by atoms with Crippen LogP contribution in [0.3, 0.4) is 0 Å². The molecule has 0 radical (unpaired) electrons. The second-order valence-corrected chi connectivity index (χ2v) is 8.90. The summed E-state index contributed by atoms with van der Waals surface area (Å²) in [5, 5.41) is 13.1. The molecule has 0 atom stereocenters. The van der Waals surface area contributed by atoms with Crippen LogP contribution in [0.2, 0.25) is 0 Å². The molecule has 0 aliphatic rings. The van der Waals surface area contributed by atoms with Crippen molar-refractivity contribution in [2.24, 2.45) is 0 Å². The summed E-state index contributed by atoms with van der Waals surface area (Å²) < 4.78 is 0. The molecule has 0 aliphatic carbocycles. The predicted molar refractivity (Wildman–Crippen MR) is 103 cm³/mol. The molecule has 2 nitrogen and oxygen atoms in total. The molecule has 0 bridgehead atoms. The first-order chi connectivity index (χ1) is 11.0. The largest absolute Gasteiger partial charge is 0.505 e. The molecule has 2 heteroatoms. The number of aryl methyl sites for hydroxylation is 1. The van der Waals surface area contributed by atoms with Gasteiger partial charge in [0.05, 0.1) is 5.52 Å². The fourth-order valence-electron chi connectivity index (χ4n) is 3.29. The second-order valence-electron chi connectivity index (χ2n) is 8.90. The number of phenols is 1. The molecule has 1 heterocycles. The lowest BCUT2D eigenvalue weighted by Crippen LogP contribution is -2.17. The van der Waals surface area contributed by atoms with E-state index >= 15 is 0 Å². The SMILES string of the molecule is Cc1ccc2nc3c(O)c(C(C)(C)C)cc(C(C)(C)C)c3cc2c1. The van der Waals surface area contributed by atoms with Crippen molar-refractivity contribution in [2.45, 2.75) is 59.3 Å². The normalized spacial score (nSPS) is 13.0. The molecule has 0 fully saturated rings. The fraction of sp³-hybridized carbons (Fsp3) is 0.409. The lowest BCUT2D eigenvalue weighted by atomic mass is 9.78. The van der Waals surface area contributed by atoms with Gasteiger partial charge in [-0.25, -0.2) is 4.98 Å². The number of rotatable bonds is 0. The summed E-state index contributed by atoms with van der Waals surface area (Å²) in [6.45, 7) is 15.1. The zero-order chi connectivity index (χ0) is 17.9. The molecule has 0 amide bonds. The monoisotopic (exact) mass is 321 g/mol. The minimum Gasteiger partial charge on any atom is -0.505 e. The van der Waals surface area contributed by atoms with E-state index in [2.05, 4.69) is 72.7 Å². The van der Waals surface area contributed by atoms with Crippen LogP contribution in [0.1, 0.15) is 58.2 Å². The van der Waals surface area contributed by atoms with Crippen LogP contribution in [-0.2, 0) is 10.8 Å². The highest BCUT2D eigenvalue weighted by Crippen LogP contribution is 2.42. The van der Waals surface area contributed by atoms with Gasteiger partial charge in [0.15, 0.2) is 0 Å². The molecule has 0 unspecified atom stereocenters. The van der Waals surface area contributed by atoms with Crippen LogP contribution < -0.4 is 0 Å². The molecular weight excluding hydrogens is 294 g/mol. The van der Waals surface area contributed by atoms with E-state index in [0.717, 1.165) is 21.9 Å². The molecule has 1 aromatic heterocycles. The zero-order valence-corrected chi connectivity index (χ0v) is 15.8. The summed E-state index contributed by atoms with van der Waals surface area (Å²) in [4.78, 5) is 4.82. The molecule has 0 saturated heterocycles.